The first-order valence-corrected chi connectivity index (χ1v) is 8.34. The van der Waals surface area contributed by atoms with Gasteiger partial charge in [-0.3, -0.25) is 9.69 Å². The summed E-state index contributed by atoms with van der Waals surface area (Å²) in [6.07, 6.45) is 2.68. The normalized spacial score (nSPS) is 13.9. The van der Waals surface area contributed by atoms with Crippen molar-refractivity contribution < 1.29 is 9.18 Å². The molecule has 4 nitrogen and oxygen atoms in total. The van der Waals surface area contributed by atoms with Crippen molar-refractivity contribution in [2.45, 2.75) is 13.0 Å². The van der Waals surface area contributed by atoms with Crippen LogP contribution in [-0.4, -0.2) is 22.0 Å². The number of carbonyl (C=O) groups is 1. The third kappa shape index (κ3) is 2.45. The van der Waals surface area contributed by atoms with Crippen molar-refractivity contribution in [2.75, 3.05) is 11.4 Å². The van der Waals surface area contributed by atoms with E-state index in [0.29, 0.717) is 29.3 Å². The van der Waals surface area contributed by atoms with E-state index in [1.807, 2.05) is 27.6 Å². The number of rotatable bonds is 2. The number of thiophene rings is 1. The molecule has 0 saturated carbocycles. The Morgan fingerprint density at radius 1 is 1.22 bits per heavy atom. The third-order valence-electron chi connectivity index (χ3n) is 3.94. The molecule has 0 unspecified atom stereocenters. The van der Waals surface area contributed by atoms with Gasteiger partial charge in [0.1, 0.15) is 5.82 Å². The number of anilines is 1. The highest BCUT2D eigenvalue weighted by atomic mass is 32.1. The molecule has 0 N–H and O–H groups in total. The molecule has 3 aromatic rings. The summed E-state index contributed by atoms with van der Waals surface area (Å²) in [5.74, 6) is 0.224. The Bertz CT molecular complexity index is 857. The van der Waals surface area contributed by atoms with Gasteiger partial charge in [0.15, 0.2) is 0 Å². The molecule has 0 bridgehead atoms. The van der Waals surface area contributed by atoms with Crippen LogP contribution in [0.15, 0.2) is 47.3 Å². The van der Waals surface area contributed by atoms with Gasteiger partial charge >= 0.3 is 0 Å². The van der Waals surface area contributed by atoms with E-state index in [-0.39, 0.29) is 11.7 Å². The summed E-state index contributed by atoms with van der Waals surface area (Å²) >= 11 is 1.49. The lowest BCUT2D eigenvalue weighted by Gasteiger charge is -2.26. The Labute approximate surface area is 136 Å². The van der Waals surface area contributed by atoms with Crippen molar-refractivity contribution in [1.82, 2.24) is 9.55 Å². The Morgan fingerprint density at radius 2 is 2.09 bits per heavy atom. The maximum absolute atomic E-state index is 14.0. The fourth-order valence-electron chi connectivity index (χ4n) is 2.82. The molecule has 0 saturated heterocycles. The van der Waals surface area contributed by atoms with E-state index in [0.717, 1.165) is 13.0 Å². The van der Waals surface area contributed by atoms with Crippen molar-refractivity contribution in [3.8, 4) is 11.3 Å². The number of benzene rings is 1. The lowest BCUT2D eigenvalue weighted by molar-refractivity contribution is 0.0981. The Balaban J connectivity index is 1.75. The minimum atomic E-state index is -0.307. The fourth-order valence-corrected chi connectivity index (χ4v) is 3.45. The second-order valence-corrected chi connectivity index (χ2v) is 6.20. The number of halogens is 1. The highest BCUT2D eigenvalue weighted by Crippen LogP contribution is 2.29. The Hall–Kier alpha value is -2.47. The van der Waals surface area contributed by atoms with Gasteiger partial charge in [-0.2, -0.15) is 11.3 Å². The number of fused-ring (bicyclic) bond motifs is 1. The van der Waals surface area contributed by atoms with E-state index >= 15 is 0 Å². The number of imidazole rings is 1. The van der Waals surface area contributed by atoms with Crippen molar-refractivity contribution in [2.24, 2.45) is 0 Å². The third-order valence-corrected chi connectivity index (χ3v) is 4.62. The molecule has 2 aromatic heterocycles. The quantitative estimate of drug-likeness (QED) is 0.718. The van der Waals surface area contributed by atoms with Gasteiger partial charge < -0.3 is 4.57 Å². The molecule has 1 amide bonds. The Morgan fingerprint density at radius 3 is 2.87 bits per heavy atom. The summed E-state index contributed by atoms with van der Waals surface area (Å²) in [5, 5.41) is 3.72. The van der Waals surface area contributed by atoms with Gasteiger partial charge in [-0.25, -0.2) is 9.37 Å². The van der Waals surface area contributed by atoms with Crippen LogP contribution in [0.3, 0.4) is 0 Å². The zero-order valence-electron chi connectivity index (χ0n) is 12.3. The van der Waals surface area contributed by atoms with Crippen LogP contribution < -0.4 is 4.90 Å². The SMILES string of the molecule is O=C(c1ccsc1)N1CCCn2cc(-c3ccccc3F)nc21. The van der Waals surface area contributed by atoms with E-state index in [2.05, 4.69) is 4.98 Å². The van der Waals surface area contributed by atoms with Crippen molar-refractivity contribution in [3.05, 3.63) is 58.7 Å². The van der Waals surface area contributed by atoms with Crippen LogP contribution in [0, 0.1) is 5.82 Å². The number of carbonyl (C=O) groups excluding carboxylic acids is 1. The summed E-state index contributed by atoms with van der Waals surface area (Å²) in [4.78, 5) is 18.8. The van der Waals surface area contributed by atoms with Gasteiger partial charge in [-0.05, 0) is 30.0 Å². The van der Waals surface area contributed by atoms with Gasteiger partial charge in [-0.15, -0.1) is 0 Å². The molecule has 1 aliphatic rings. The second kappa shape index (κ2) is 5.62. The lowest BCUT2D eigenvalue weighted by Crippen LogP contribution is -2.37. The summed E-state index contributed by atoms with van der Waals surface area (Å²) in [6, 6.07) is 8.37. The van der Waals surface area contributed by atoms with Gasteiger partial charge in [0.2, 0.25) is 5.95 Å². The van der Waals surface area contributed by atoms with Crippen LogP contribution in [0.1, 0.15) is 16.8 Å². The summed E-state index contributed by atoms with van der Waals surface area (Å²) < 4.78 is 15.9. The maximum atomic E-state index is 14.0. The minimum absolute atomic E-state index is 0.0575. The smallest absolute Gasteiger partial charge is 0.261 e. The molecule has 0 spiro atoms. The topological polar surface area (TPSA) is 38.1 Å². The van der Waals surface area contributed by atoms with Gasteiger partial charge in [0.25, 0.3) is 5.91 Å². The molecule has 3 heterocycles. The molecular weight excluding hydrogens is 313 g/mol. The van der Waals surface area contributed by atoms with Crippen molar-refractivity contribution in [1.29, 1.82) is 0 Å². The zero-order valence-corrected chi connectivity index (χ0v) is 13.1. The van der Waals surface area contributed by atoms with Crippen LogP contribution in [0.2, 0.25) is 0 Å². The van der Waals surface area contributed by atoms with Crippen LogP contribution in [0.25, 0.3) is 11.3 Å². The van der Waals surface area contributed by atoms with E-state index in [1.165, 1.54) is 17.4 Å². The average molecular weight is 327 g/mol. The van der Waals surface area contributed by atoms with E-state index < -0.39 is 0 Å². The van der Waals surface area contributed by atoms with Crippen molar-refractivity contribution >= 4 is 23.2 Å². The first-order chi connectivity index (χ1) is 11.2. The van der Waals surface area contributed by atoms with Gasteiger partial charge in [0, 0.05) is 30.2 Å². The van der Waals surface area contributed by atoms with E-state index in [9.17, 15) is 9.18 Å². The van der Waals surface area contributed by atoms with Gasteiger partial charge in [0.05, 0.1) is 11.3 Å². The predicted molar refractivity (Wildman–Crippen MR) is 88.2 cm³/mol. The van der Waals surface area contributed by atoms with Crippen LogP contribution in [-0.2, 0) is 6.54 Å². The Kier molecular flexibility index (Phi) is 3.46. The molecule has 1 aliphatic heterocycles. The van der Waals surface area contributed by atoms with Crippen LogP contribution in [0.5, 0.6) is 0 Å². The van der Waals surface area contributed by atoms with E-state index in [1.54, 1.807) is 23.1 Å². The van der Waals surface area contributed by atoms with E-state index in [4.69, 9.17) is 0 Å². The molecule has 4 rings (SSSR count). The summed E-state index contributed by atoms with van der Waals surface area (Å²) in [5.41, 5.74) is 1.68. The molecule has 1 aromatic carbocycles. The largest absolute Gasteiger partial charge is 0.316 e. The molecule has 23 heavy (non-hydrogen) atoms. The standard InChI is InChI=1S/C17H14FN3OS/c18-14-5-2-1-4-13(14)15-10-20-7-3-8-21(17(20)19-15)16(22)12-6-9-23-11-12/h1-2,4-6,9-11H,3,7-8H2. The molecule has 0 atom stereocenters. The highest BCUT2D eigenvalue weighted by Gasteiger charge is 2.27. The molecule has 6 heteroatoms. The number of hydrogen-bond acceptors (Lipinski definition) is 3. The lowest BCUT2D eigenvalue weighted by atomic mass is 10.1. The van der Waals surface area contributed by atoms with Crippen molar-refractivity contribution in [3.63, 3.8) is 0 Å². The van der Waals surface area contributed by atoms with Gasteiger partial charge in [-0.1, -0.05) is 12.1 Å². The molecular formula is C17H14FN3OS. The number of aryl methyl sites for hydroxylation is 1. The van der Waals surface area contributed by atoms with Crippen LogP contribution >= 0.6 is 11.3 Å². The average Bonchev–Trinajstić information content (AvgIpc) is 3.23. The summed E-state index contributed by atoms with van der Waals surface area (Å²) in [7, 11) is 0. The molecule has 0 aliphatic carbocycles. The zero-order chi connectivity index (χ0) is 15.8. The fraction of sp³-hybridized carbons (Fsp3) is 0.176. The summed E-state index contributed by atoms with van der Waals surface area (Å²) in [6.45, 7) is 1.41. The predicted octanol–water partition coefficient (Wildman–Crippen LogP) is 3.80. The second-order valence-electron chi connectivity index (χ2n) is 5.42. The maximum Gasteiger partial charge on any atom is 0.261 e. The molecule has 116 valence electrons. The number of amides is 1. The number of hydrogen-bond donors (Lipinski definition) is 0. The molecule has 0 radical (unpaired) electrons. The minimum Gasteiger partial charge on any atom is -0.316 e. The molecule has 0 fully saturated rings. The number of nitrogens with zero attached hydrogens (tertiary/aromatic N) is 3. The first-order valence-electron chi connectivity index (χ1n) is 7.40. The number of aromatic nitrogens is 2. The van der Waals surface area contributed by atoms with Crippen LogP contribution in [0.4, 0.5) is 10.3 Å². The first kappa shape index (κ1) is 14.1. The monoisotopic (exact) mass is 327 g/mol. The highest BCUT2D eigenvalue weighted by molar-refractivity contribution is 7.08.